The largest absolute Gasteiger partial charge is 0.493 e. The molecule has 0 aliphatic heterocycles. The number of halogens is 1. The monoisotopic (exact) mass is 254 g/mol. The summed E-state index contributed by atoms with van der Waals surface area (Å²) in [7, 11) is 0. The maximum Gasteiger partial charge on any atom is 0.173 e. The molecule has 0 saturated heterocycles. The first-order valence-corrected chi connectivity index (χ1v) is 5.98. The normalized spacial score (nSPS) is 13.4. The second kappa shape index (κ2) is 6.83. The average molecular weight is 254 g/mol. The van der Waals surface area contributed by atoms with E-state index in [9.17, 15) is 4.39 Å². The van der Waals surface area contributed by atoms with Crippen LogP contribution in [0.4, 0.5) is 4.39 Å². The third kappa shape index (κ3) is 3.91. The van der Waals surface area contributed by atoms with E-state index in [2.05, 4.69) is 19.0 Å². The lowest BCUT2D eigenvalue weighted by atomic mass is 10.1. The van der Waals surface area contributed by atoms with Crippen LogP contribution in [0.5, 0.6) is 5.75 Å². The number of ether oxygens (including phenoxy) is 1. The maximum absolute atomic E-state index is 13.1. The number of benzene rings is 1. The molecule has 0 spiro atoms. The molecule has 1 atom stereocenters. The van der Waals surface area contributed by atoms with Crippen molar-refractivity contribution < 1.29 is 14.3 Å². The van der Waals surface area contributed by atoms with Crippen molar-refractivity contribution in [2.45, 2.75) is 26.7 Å². The SMILES string of the molecule is CCCC(C)COc1ccc(F)cc1/C(N)=N/O. The third-order valence-corrected chi connectivity index (χ3v) is 2.63. The van der Waals surface area contributed by atoms with E-state index in [1.807, 2.05) is 0 Å². The average Bonchev–Trinajstić information content (AvgIpc) is 2.36. The van der Waals surface area contributed by atoms with Crippen LogP contribution in [-0.2, 0) is 0 Å². The van der Waals surface area contributed by atoms with E-state index in [1.54, 1.807) is 0 Å². The van der Waals surface area contributed by atoms with Gasteiger partial charge in [0.05, 0.1) is 12.2 Å². The molecule has 4 nitrogen and oxygen atoms in total. The molecule has 18 heavy (non-hydrogen) atoms. The quantitative estimate of drug-likeness (QED) is 0.355. The number of hydrogen-bond donors (Lipinski definition) is 2. The molecule has 5 heteroatoms. The summed E-state index contributed by atoms with van der Waals surface area (Å²) >= 11 is 0. The summed E-state index contributed by atoms with van der Waals surface area (Å²) in [5, 5.41) is 11.5. The van der Waals surface area contributed by atoms with Crippen molar-refractivity contribution in [2.24, 2.45) is 16.8 Å². The van der Waals surface area contributed by atoms with Crippen molar-refractivity contribution in [3.8, 4) is 5.75 Å². The summed E-state index contributed by atoms with van der Waals surface area (Å²) in [5.41, 5.74) is 5.75. The molecule has 0 heterocycles. The second-order valence-corrected chi connectivity index (χ2v) is 4.33. The van der Waals surface area contributed by atoms with Crippen LogP contribution < -0.4 is 10.5 Å². The number of oxime groups is 1. The van der Waals surface area contributed by atoms with Crippen molar-refractivity contribution >= 4 is 5.84 Å². The Morgan fingerprint density at radius 1 is 1.56 bits per heavy atom. The van der Waals surface area contributed by atoms with Gasteiger partial charge in [-0.2, -0.15) is 0 Å². The van der Waals surface area contributed by atoms with Crippen LogP contribution in [0.1, 0.15) is 32.3 Å². The van der Waals surface area contributed by atoms with Gasteiger partial charge < -0.3 is 15.7 Å². The van der Waals surface area contributed by atoms with E-state index in [0.29, 0.717) is 18.3 Å². The van der Waals surface area contributed by atoms with Crippen LogP contribution in [0.2, 0.25) is 0 Å². The van der Waals surface area contributed by atoms with Gasteiger partial charge in [0.15, 0.2) is 5.84 Å². The number of nitrogens with two attached hydrogens (primary N) is 1. The van der Waals surface area contributed by atoms with Gasteiger partial charge >= 0.3 is 0 Å². The second-order valence-electron chi connectivity index (χ2n) is 4.33. The van der Waals surface area contributed by atoms with Gasteiger partial charge in [0.2, 0.25) is 0 Å². The van der Waals surface area contributed by atoms with Crippen LogP contribution in [0.25, 0.3) is 0 Å². The lowest BCUT2D eigenvalue weighted by Gasteiger charge is -2.14. The summed E-state index contributed by atoms with van der Waals surface area (Å²) < 4.78 is 18.7. The number of amidine groups is 1. The highest BCUT2D eigenvalue weighted by atomic mass is 19.1. The van der Waals surface area contributed by atoms with E-state index in [-0.39, 0.29) is 11.4 Å². The van der Waals surface area contributed by atoms with Gasteiger partial charge in [-0.3, -0.25) is 0 Å². The van der Waals surface area contributed by atoms with E-state index >= 15 is 0 Å². The smallest absolute Gasteiger partial charge is 0.173 e. The molecule has 3 N–H and O–H groups in total. The highest BCUT2D eigenvalue weighted by molar-refractivity contribution is 5.99. The standard InChI is InChI=1S/C13H19FN2O2/c1-3-4-9(2)8-18-12-6-5-10(14)7-11(12)13(15)16-17/h5-7,9,17H,3-4,8H2,1-2H3,(H2,15,16). The lowest BCUT2D eigenvalue weighted by molar-refractivity contribution is 0.250. The Morgan fingerprint density at radius 3 is 2.89 bits per heavy atom. The Hall–Kier alpha value is -1.78. The fraction of sp³-hybridized carbons (Fsp3) is 0.462. The zero-order valence-electron chi connectivity index (χ0n) is 10.7. The molecular weight excluding hydrogens is 235 g/mol. The molecule has 1 rings (SSSR count). The highest BCUT2D eigenvalue weighted by Crippen LogP contribution is 2.20. The summed E-state index contributed by atoms with van der Waals surface area (Å²) in [6, 6.07) is 3.96. The minimum absolute atomic E-state index is 0.160. The molecule has 0 aliphatic rings. The first kappa shape index (κ1) is 14.3. The number of nitrogens with zero attached hydrogens (tertiary/aromatic N) is 1. The van der Waals surface area contributed by atoms with Crippen LogP contribution in [0.15, 0.2) is 23.4 Å². The molecule has 0 saturated carbocycles. The van der Waals surface area contributed by atoms with Crippen molar-refractivity contribution in [3.05, 3.63) is 29.6 Å². The van der Waals surface area contributed by atoms with Gasteiger partial charge in [-0.25, -0.2) is 4.39 Å². The molecule has 100 valence electrons. The Kier molecular flexibility index (Phi) is 5.42. The molecule has 0 aromatic heterocycles. The van der Waals surface area contributed by atoms with Crippen LogP contribution in [0.3, 0.4) is 0 Å². The van der Waals surface area contributed by atoms with Gasteiger partial charge in [-0.1, -0.05) is 25.4 Å². The molecule has 0 radical (unpaired) electrons. The zero-order valence-corrected chi connectivity index (χ0v) is 10.7. The molecule has 1 aromatic carbocycles. The first-order chi connectivity index (χ1) is 8.58. The third-order valence-electron chi connectivity index (χ3n) is 2.63. The molecular formula is C13H19FN2O2. The van der Waals surface area contributed by atoms with Crippen molar-refractivity contribution in [2.75, 3.05) is 6.61 Å². The summed E-state index contributed by atoms with van der Waals surface area (Å²) in [6.07, 6.45) is 2.14. The zero-order chi connectivity index (χ0) is 13.5. The molecule has 0 fully saturated rings. The van der Waals surface area contributed by atoms with Gasteiger partial charge in [0, 0.05) is 0 Å². The highest BCUT2D eigenvalue weighted by Gasteiger charge is 2.11. The van der Waals surface area contributed by atoms with Crippen molar-refractivity contribution in [3.63, 3.8) is 0 Å². The summed E-state index contributed by atoms with van der Waals surface area (Å²) in [6.45, 7) is 4.71. The lowest BCUT2D eigenvalue weighted by Crippen LogP contribution is -2.17. The Morgan fingerprint density at radius 2 is 2.28 bits per heavy atom. The fourth-order valence-corrected chi connectivity index (χ4v) is 1.69. The topological polar surface area (TPSA) is 67.8 Å². The maximum atomic E-state index is 13.1. The minimum Gasteiger partial charge on any atom is -0.493 e. The number of hydrogen-bond acceptors (Lipinski definition) is 3. The number of rotatable bonds is 6. The minimum atomic E-state index is -0.453. The predicted octanol–water partition coefficient (Wildman–Crippen LogP) is 2.74. The first-order valence-electron chi connectivity index (χ1n) is 5.98. The predicted molar refractivity (Wildman–Crippen MR) is 68.5 cm³/mol. The van der Waals surface area contributed by atoms with Gasteiger partial charge in [0.1, 0.15) is 11.6 Å². The summed E-state index contributed by atoms with van der Waals surface area (Å²) in [4.78, 5) is 0. The van der Waals surface area contributed by atoms with E-state index in [1.165, 1.54) is 18.2 Å². The molecule has 1 aromatic rings. The molecule has 0 aliphatic carbocycles. The van der Waals surface area contributed by atoms with Gasteiger partial charge in [-0.15, -0.1) is 0 Å². The van der Waals surface area contributed by atoms with Gasteiger partial charge in [0.25, 0.3) is 0 Å². The van der Waals surface area contributed by atoms with Crippen molar-refractivity contribution in [1.82, 2.24) is 0 Å². The fourth-order valence-electron chi connectivity index (χ4n) is 1.69. The van der Waals surface area contributed by atoms with Crippen molar-refractivity contribution in [1.29, 1.82) is 0 Å². The van der Waals surface area contributed by atoms with E-state index in [0.717, 1.165) is 12.8 Å². The Labute approximate surface area is 106 Å². The van der Waals surface area contributed by atoms with E-state index in [4.69, 9.17) is 15.7 Å². The van der Waals surface area contributed by atoms with Gasteiger partial charge in [-0.05, 0) is 30.5 Å². The van der Waals surface area contributed by atoms with Crippen LogP contribution in [0, 0.1) is 11.7 Å². The van der Waals surface area contributed by atoms with Crippen LogP contribution >= 0.6 is 0 Å². The molecule has 0 amide bonds. The van der Waals surface area contributed by atoms with Crippen LogP contribution in [-0.4, -0.2) is 17.6 Å². The molecule has 0 bridgehead atoms. The Balaban J connectivity index is 2.82. The van der Waals surface area contributed by atoms with E-state index < -0.39 is 5.82 Å². The molecule has 1 unspecified atom stereocenters. The Bertz CT molecular complexity index is 421. The summed E-state index contributed by atoms with van der Waals surface area (Å²) in [5.74, 6) is 0.216.